The molecule has 0 amide bonds. The predicted molar refractivity (Wildman–Crippen MR) is 50.6 cm³/mol. The lowest BCUT2D eigenvalue weighted by atomic mass is 10.1. The van der Waals surface area contributed by atoms with Crippen molar-refractivity contribution in [3.63, 3.8) is 0 Å². The van der Waals surface area contributed by atoms with Gasteiger partial charge in [-0.15, -0.1) is 11.3 Å². The van der Waals surface area contributed by atoms with Gasteiger partial charge in [0.2, 0.25) is 0 Å². The van der Waals surface area contributed by atoms with E-state index in [1.807, 2.05) is 12.3 Å². The van der Waals surface area contributed by atoms with Crippen molar-refractivity contribution in [1.82, 2.24) is 0 Å². The number of carbonyl (C=O) groups excluding carboxylic acids is 1. The average molecular weight is 200 g/mol. The van der Waals surface area contributed by atoms with E-state index in [2.05, 4.69) is 0 Å². The van der Waals surface area contributed by atoms with Crippen LogP contribution in [-0.4, -0.2) is 17.7 Å². The third-order valence-corrected chi connectivity index (χ3v) is 2.56. The molecule has 0 aliphatic heterocycles. The maximum Gasteiger partial charge on any atom is 0.339 e. The largest absolute Gasteiger partial charge is 0.464 e. The van der Waals surface area contributed by atoms with Crippen LogP contribution in [-0.2, 0) is 9.53 Å². The Kier molecular flexibility index (Phi) is 3.45. The molecule has 1 N–H and O–H groups in total. The van der Waals surface area contributed by atoms with Gasteiger partial charge in [0.25, 0.3) is 0 Å². The normalized spacial score (nSPS) is 12.5. The Balaban J connectivity index is 2.73. The zero-order valence-corrected chi connectivity index (χ0v) is 8.43. The maximum absolute atomic E-state index is 11.1. The van der Waals surface area contributed by atoms with Crippen molar-refractivity contribution < 1.29 is 14.6 Å². The van der Waals surface area contributed by atoms with E-state index in [-0.39, 0.29) is 0 Å². The van der Waals surface area contributed by atoms with E-state index < -0.39 is 12.1 Å². The first kappa shape index (κ1) is 10.2. The van der Waals surface area contributed by atoms with E-state index in [4.69, 9.17) is 4.74 Å². The molecule has 0 saturated heterocycles. The van der Waals surface area contributed by atoms with Crippen LogP contribution in [0.2, 0.25) is 0 Å². The first-order valence-corrected chi connectivity index (χ1v) is 4.93. The number of hydrogen-bond donors (Lipinski definition) is 1. The number of carbonyl (C=O) groups is 1. The minimum Gasteiger partial charge on any atom is -0.464 e. The molecule has 0 aliphatic carbocycles. The van der Waals surface area contributed by atoms with E-state index >= 15 is 0 Å². The summed E-state index contributed by atoms with van der Waals surface area (Å²) in [4.78, 5) is 12.1. The lowest BCUT2D eigenvalue weighted by molar-refractivity contribution is -0.153. The van der Waals surface area contributed by atoms with E-state index in [1.165, 1.54) is 11.3 Å². The minimum absolute atomic E-state index is 0.291. The highest BCUT2D eigenvalue weighted by Crippen LogP contribution is 2.23. The first-order chi connectivity index (χ1) is 6.16. The van der Waals surface area contributed by atoms with E-state index in [9.17, 15) is 9.90 Å². The summed E-state index contributed by atoms with van der Waals surface area (Å²) < 4.78 is 4.70. The minimum atomic E-state index is -1.13. The molecule has 0 spiro atoms. The van der Waals surface area contributed by atoms with Crippen molar-refractivity contribution in [2.45, 2.75) is 20.0 Å². The average Bonchev–Trinajstić information content (AvgIpc) is 2.50. The Hall–Kier alpha value is -0.870. The molecule has 0 bridgehead atoms. The number of ether oxygens (including phenoxy) is 1. The Morgan fingerprint density at radius 3 is 2.92 bits per heavy atom. The molecule has 0 radical (unpaired) electrons. The molecule has 0 aromatic carbocycles. The zero-order chi connectivity index (χ0) is 9.84. The van der Waals surface area contributed by atoms with Gasteiger partial charge in [-0.05, 0) is 25.3 Å². The number of hydrogen-bond acceptors (Lipinski definition) is 4. The van der Waals surface area contributed by atoms with Crippen LogP contribution in [0.1, 0.15) is 23.5 Å². The second kappa shape index (κ2) is 4.39. The van der Waals surface area contributed by atoms with Gasteiger partial charge in [0, 0.05) is 10.4 Å². The molecule has 72 valence electrons. The summed E-state index contributed by atoms with van der Waals surface area (Å²) in [5.74, 6) is -0.580. The van der Waals surface area contributed by atoms with Crippen molar-refractivity contribution in [3.05, 3.63) is 21.9 Å². The molecule has 0 aliphatic rings. The maximum atomic E-state index is 11.1. The Labute approximate surface area is 81.0 Å². The van der Waals surface area contributed by atoms with Crippen LogP contribution in [0.4, 0.5) is 0 Å². The topological polar surface area (TPSA) is 46.5 Å². The summed E-state index contributed by atoms with van der Waals surface area (Å²) >= 11 is 1.50. The Morgan fingerprint density at radius 2 is 2.46 bits per heavy atom. The summed E-state index contributed by atoms with van der Waals surface area (Å²) in [7, 11) is 0. The quantitative estimate of drug-likeness (QED) is 0.755. The van der Waals surface area contributed by atoms with Gasteiger partial charge in [0.15, 0.2) is 6.10 Å². The number of aliphatic hydroxyl groups is 1. The van der Waals surface area contributed by atoms with Gasteiger partial charge in [-0.25, -0.2) is 4.79 Å². The van der Waals surface area contributed by atoms with E-state index in [0.717, 1.165) is 4.88 Å². The molecule has 3 nitrogen and oxygen atoms in total. The first-order valence-electron chi connectivity index (χ1n) is 4.05. The monoisotopic (exact) mass is 200 g/mol. The molecule has 1 aromatic rings. The van der Waals surface area contributed by atoms with Crippen LogP contribution in [0.25, 0.3) is 0 Å². The van der Waals surface area contributed by atoms with Crippen LogP contribution < -0.4 is 0 Å². The molecule has 13 heavy (non-hydrogen) atoms. The molecule has 1 rings (SSSR count). The van der Waals surface area contributed by atoms with Crippen LogP contribution in [0.5, 0.6) is 0 Å². The molecule has 0 fully saturated rings. The SMILES string of the molecule is CCOC(=O)C(O)c1ccsc1C. The van der Waals surface area contributed by atoms with E-state index in [0.29, 0.717) is 12.2 Å². The summed E-state index contributed by atoms with van der Waals surface area (Å²) in [6.07, 6.45) is -1.13. The number of thiophene rings is 1. The third kappa shape index (κ3) is 2.29. The fourth-order valence-corrected chi connectivity index (χ4v) is 1.76. The summed E-state index contributed by atoms with van der Waals surface area (Å²) in [5, 5.41) is 11.4. The molecule has 1 heterocycles. The zero-order valence-electron chi connectivity index (χ0n) is 7.61. The summed E-state index contributed by atoms with van der Waals surface area (Å²) in [5.41, 5.74) is 0.642. The van der Waals surface area contributed by atoms with Crippen LogP contribution in [0.15, 0.2) is 11.4 Å². The lowest BCUT2D eigenvalue weighted by Gasteiger charge is -2.08. The van der Waals surface area contributed by atoms with Crippen LogP contribution in [0.3, 0.4) is 0 Å². The van der Waals surface area contributed by atoms with Gasteiger partial charge in [-0.1, -0.05) is 0 Å². The standard InChI is InChI=1S/C9H12O3S/c1-3-12-9(11)8(10)7-4-5-13-6(7)2/h4-5,8,10H,3H2,1-2H3. The Bertz CT molecular complexity index is 293. The fraction of sp³-hybridized carbons (Fsp3) is 0.444. The highest BCUT2D eigenvalue weighted by molar-refractivity contribution is 7.10. The van der Waals surface area contributed by atoms with Crippen LogP contribution >= 0.6 is 11.3 Å². The molecule has 1 unspecified atom stereocenters. The summed E-state index contributed by atoms with van der Waals surface area (Å²) in [6, 6.07) is 1.74. The van der Waals surface area contributed by atoms with Gasteiger partial charge >= 0.3 is 5.97 Å². The molecular weight excluding hydrogens is 188 g/mol. The van der Waals surface area contributed by atoms with E-state index in [1.54, 1.807) is 13.0 Å². The second-order valence-electron chi connectivity index (χ2n) is 2.59. The van der Waals surface area contributed by atoms with Gasteiger partial charge in [-0.3, -0.25) is 0 Å². The van der Waals surface area contributed by atoms with Gasteiger partial charge in [0.05, 0.1) is 6.61 Å². The molecule has 1 aromatic heterocycles. The van der Waals surface area contributed by atoms with Crippen molar-refractivity contribution in [2.75, 3.05) is 6.61 Å². The number of esters is 1. The van der Waals surface area contributed by atoms with Crippen molar-refractivity contribution >= 4 is 17.3 Å². The second-order valence-corrected chi connectivity index (χ2v) is 3.71. The molecule has 0 saturated carbocycles. The van der Waals surface area contributed by atoms with Gasteiger partial charge < -0.3 is 9.84 Å². The Morgan fingerprint density at radius 1 is 1.77 bits per heavy atom. The van der Waals surface area contributed by atoms with Crippen molar-refractivity contribution in [2.24, 2.45) is 0 Å². The summed E-state index contributed by atoms with van der Waals surface area (Å²) in [6.45, 7) is 3.87. The fourth-order valence-electron chi connectivity index (χ4n) is 1.03. The molecular formula is C9H12O3S. The molecule has 1 atom stereocenters. The van der Waals surface area contributed by atoms with Gasteiger partial charge in [-0.2, -0.15) is 0 Å². The molecule has 4 heteroatoms. The predicted octanol–water partition coefficient (Wildman–Crippen LogP) is 1.65. The highest BCUT2D eigenvalue weighted by Gasteiger charge is 2.20. The number of rotatable bonds is 3. The lowest BCUT2D eigenvalue weighted by Crippen LogP contribution is -2.15. The smallest absolute Gasteiger partial charge is 0.339 e. The van der Waals surface area contributed by atoms with Gasteiger partial charge in [0.1, 0.15) is 0 Å². The van der Waals surface area contributed by atoms with Crippen molar-refractivity contribution in [3.8, 4) is 0 Å². The van der Waals surface area contributed by atoms with Crippen molar-refractivity contribution in [1.29, 1.82) is 0 Å². The van der Waals surface area contributed by atoms with Crippen LogP contribution in [0, 0.1) is 6.92 Å². The number of aryl methyl sites for hydroxylation is 1. The third-order valence-electron chi connectivity index (χ3n) is 1.70. The number of aliphatic hydroxyl groups excluding tert-OH is 1. The highest BCUT2D eigenvalue weighted by atomic mass is 32.1.